The molecule has 0 aromatic heterocycles. The van der Waals surface area contributed by atoms with Gasteiger partial charge in [-0.15, -0.1) is 0 Å². The lowest BCUT2D eigenvalue weighted by atomic mass is 9.94. The Hall–Kier alpha value is -1.87. The molecule has 0 bridgehead atoms. The van der Waals surface area contributed by atoms with Gasteiger partial charge in [-0.2, -0.15) is 0 Å². The van der Waals surface area contributed by atoms with Crippen LogP contribution in [-0.2, 0) is 0 Å². The van der Waals surface area contributed by atoms with E-state index in [1.165, 1.54) is 36.2 Å². The SMILES string of the molecule is Ic1cccc(-c2cccc3ccc4ccccc4c23)c1. The average molecular weight is 380 g/mol. The molecule has 1 heteroatoms. The standard InChI is InChI=1S/C20H13I/c21-17-8-3-7-16(13-17)19-10-4-6-15-12-11-14-5-1-2-9-18(14)20(15)19/h1-13H. The third-order valence-corrected chi connectivity index (χ3v) is 4.58. The zero-order valence-corrected chi connectivity index (χ0v) is 13.5. The zero-order valence-electron chi connectivity index (χ0n) is 11.4. The molecule has 0 nitrogen and oxygen atoms in total. The third-order valence-electron chi connectivity index (χ3n) is 3.90. The van der Waals surface area contributed by atoms with E-state index in [0.29, 0.717) is 0 Å². The van der Waals surface area contributed by atoms with E-state index in [0.717, 1.165) is 0 Å². The number of benzene rings is 4. The Bertz CT molecular complexity index is 954. The maximum Gasteiger partial charge on any atom is 0.0136 e. The summed E-state index contributed by atoms with van der Waals surface area (Å²) < 4.78 is 1.27. The van der Waals surface area contributed by atoms with E-state index < -0.39 is 0 Å². The van der Waals surface area contributed by atoms with Gasteiger partial charge in [0.25, 0.3) is 0 Å². The smallest absolute Gasteiger partial charge is 0.0136 e. The molecule has 0 fully saturated rings. The van der Waals surface area contributed by atoms with Gasteiger partial charge in [-0.25, -0.2) is 0 Å². The first-order valence-corrected chi connectivity index (χ1v) is 8.07. The highest BCUT2D eigenvalue weighted by atomic mass is 127. The van der Waals surface area contributed by atoms with Crippen LogP contribution in [0.4, 0.5) is 0 Å². The van der Waals surface area contributed by atoms with Gasteiger partial charge in [-0.05, 0) is 67.4 Å². The van der Waals surface area contributed by atoms with Crippen molar-refractivity contribution < 1.29 is 0 Å². The van der Waals surface area contributed by atoms with Crippen molar-refractivity contribution in [1.82, 2.24) is 0 Å². The van der Waals surface area contributed by atoms with Crippen molar-refractivity contribution in [3.63, 3.8) is 0 Å². The summed E-state index contributed by atoms with van der Waals surface area (Å²) in [6.45, 7) is 0. The lowest BCUT2D eigenvalue weighted by Gasteiger charge is -2.10. The summed E-state index contributed by atoms with van der Waals surface area (Å²) in [6.07, 6.45) is 0. The fraction of sp³-hybridized carbons (Fsp3) is 0. The van der Waals surface area contributed by atoms with Crippen molar-refractivity contribution in [2.24, 2.45) is 0 Å². The summed E-state index contributed by atoms with van der Waals surface area (Å²) in [5.74, 6) is 0. The predicted molar refractivity (Wildman–Crippen MR) is 99.6 cm³/mol. The second kappa shape index (κ2) is 5.15. The molecule has 0 amide bonds. The van der Waals surface area contributed by atoms with Gasteiger partial charge in [0.1, 0.15) is 0 Å². The highest BCUT2D eigenvalue weighted by Crippen LogP contribution is 2.34. The number of rotatable bonds is 1. The fourth-order valence-corrected chi connectivity index (χ4v) is 3.50. The van der Waals surface area contributed by atoms with Crippen LogP contribution in [0.3, 0.4) is 0 Å². The Kier molecular flexibility index (Phi) is 3.15. The molecule has 4 rings (SSSR count). The molecule has 0 aliphatic rings. The van der Waals surface area contributed by atoms with Crippen LogP contribution in [0.1, 0.15) is 0 Å². The lowest BCUT2D eigenvalue weighted by molar-refractivity contribution is 1.62. The molecule has 0 radical (unpaired) electrons. The van der Waals surface area contributed by atoms with Gasteiger partial charge in [0.05, 0.1) is 0 Å². The molecule has 21 heavy (non-hydrogen) atoms. The van der Waals surface area contributed by atoms with Gasteiger partial charge in [0.2, 0.25) is 0 Å². The molecule has 0 saturated carbocycles. The first-order chi connectivity index (χ1) is 10.3. The summed E-state index contributed by atoms with van der Waals surface area (Å²) in [5.41, 5.74) is 2.59. The molecule has 0 aliphatic heterocycles. The van der Waals surface area contributed by atoms with E-state index in [1.54, 1.807) is 0 Å². The fourth-order valence-electron chi connectivity index (χ4n) is 2.96. The molecular weight excluding hydrogens is 367 g/mol. The molecule has 4 aromatic rings. The largest absolute Gasteiger partial charge is 0.0616 e. The molecule has 0 aliphatic carbocycles. The monoisotopic (exact) mass is 380 g/mol. The van der Waals surface area contributed by atoms with Gasteiger partial charge in [-0.3, -0.25) is 0 Å². The van der Waals surface area contributed by atoms with Crippen LogP contribution in [0.5, 0.6) is 0 Å². The van der Waals surface area contributed by atoms with Crippen LogP contribution in [-0.4, -0.2) is 0 Å². The van der Waals surface area contributed by atoms with Crippen LogP contribution in [0.15, 0.2) is 78.9 Å². The van der Waals surface area contributed by atoms with Gasteiger partial charge >= 0.3 is 0 Å². The molecule has 0 spiro atoms. The van der Waals surface area contributed by atoms with Crippen molar-refractivity contribution in [3.8, 4) is 11.1 Å². The number of halogens is 1. The molecule has 0 saturated heterocycles. The maximum absolute atomic E-state index is 2.37. The van der Waals surface area contributed by atoms with Crippen LogP contribution in [0.2, 0.25) is 0 Å². The Balaban J connectivity index is 2.16. The third kappa shape index (κ3) is 2.22. The zero-order chi connectivity index (χ0) is 14.2. The van der Waals surface area contributed by atoms with E-state index in [4.69, 9.17) is 0 Å². The van der Waals surface area contributed by atoms with Crippen molar-refractivity contribution in [2.45, 2.75) is 0 Å². The number of hydrogen-bond acceptors (Lipinski definition) is 0. The van der Waals surface area contributed by atoms with Crippen molar-refractivity contribution in [3.05, 3.63) is 82.4 Å². The molecule has 0 atom stereocenters. The molecule has 0 heterocycles. The Morgan fingerprint density at radius 1 is 0.619 bits per heavy atom. The van der Waals surface area contributed by atoms with Crippen LogP contribution < -0.4 is 0 Å². The second-order valence-corrected chi connectivity index (χ2v) is 6.45. The summed E-state index contributed by atoms with van der Waals surface area (Å²) in [4.78, 5) is 0. The van der Waals surface area contributed by atoms with Gasteiger partial charge in [-0.1, -0.05) is 66.7 Å². The second-order valence-electron chi connectivity index (χ2n) is 5.20. The minimum absolute atomic E-state index is 1.27. The van der Waals surface area contributed by atoms with E-state index in [2.05, 4.69) is 101 Å². The predicted octanol–water partition coefficient (Wildman–Crippen LogP) is 6.26. The minimum Gasteiger partial charge on any atom is -0.0616 e. The van der Waals surface area contributed by atoms with Crippen molar-refractivity contribution in [1.29, 1.82) is 0 Å². The molecule has 0 unspecified atom stereocenters. The van der Waals surface area contributed by atoms with Gasteiger partial charge < -0.3 is 0 Å². The van der Waals surface area contributed by atoms with E-state index >= 15 is 0 Å². The molecule has 100 valence electrons. The quantitative estimate of drug-likeness (QED) is 0.270. The van der Waals surface area contributed by atoms with Gasteiger partial charge in [0, 0.05) is 3.57 Å². The average Bonchev–Trinajstić information content (AvgIpc) is 2.54. The summed E-state index contributed by atoms with van der Waals surface area (Å²) >= 11 is 2.37. The first kappa shape index (κ1) is 12.8. The summed E-state index contributed by atoms with van der Waals surface area (Å²) in [7, 11) is 0. The normalized spacial score (nSPS) is 11.1. The van der Waals surface area contributed by atoms with E-state index in [-0.39, 0.29) is 0 Å². The molecular formula is C20H13I. The molecule has 4 aromatic carbocycles. The first-order valence-electron chi connectivity index (χ1n) is 6.99. The van der Waals surface area contributed by atoms with E-state index in [9.17, 15) is 0 Å². The minimum atomic E-state index is 1.27. The molecule has 0 N–H and O–H groups in total. The maximum atomic E-state index is 2.37. The topological polar surface area (TPSA) is 0 Å². The highest BCUT2D eigenvalue weighted by Gasteiger charge is 2.07. The van der Waals surface area contributed by atoms with Crippen LogP contribution >= 0.6 is 22.6 Å². The summed E-state index contributed by atoms with van der Waals surface area (Å²) in [5, 5.41) is 5.26. The number of fused-ring (bicyclic) bond motifs is 3. The number of hydrogen-bond donors (Lipinski definition) is 0. The van der Waals surface area contributed by atoms with Crippen molar-refractivity contribution >= 4 is 44.1 Å². The van der Waals surface area contributed by atoms with E-state index in [1.807, 2.05) is 0 Å². The Morgan fingerprint density at radius 3 is 2.29 bits per heavy atom. The van der Waals surface area contributed by atoms with Crippen LogP contribution in [0, 0.1) is 3.57 Å². The summed E-state index contributed by atoms with van der Waals surface area (Å²) in [6, 6.07) is 28.3. The highest BCUT2D eigenvalue weighted by molar-refractivity contribution is 14.1. The van der Waals surface area contributed by atoms with Gasteiger partial charge in [0.15, 0.2) is 0 Å². The van der Waals surface area contributed by atoms with Crippen molar-refractivity contribution in [2.75, 3.05) is 0 Å². The Morgan fingerprint density at radius 2 is 1.38 bits per heavy atom. The Labute approximate surface area is 137 Å². The lowest BCUT2D eigenvalue weighted by Crippen LogP contribution is -1.84. The van der Waals surface area contributed by atoms with Crippen LogP contribution in [0.25, 0.3) is 32.7 Å².